The smallest absolute Gasteiger partial charge is 0.0545 e. The van der Waals surface area contributed by atoms with Crippen LogP contribution in [0.4, 0.5) is 0 Å². The molecule has 4 aliphatic rings. The molecule has 1 nitrogen and oxygen atoms in total. The zero-order valence-corrected chi connectivity index (χ0v) is 16.4. The van der Waals surface area contributed by atoms with Gasteiger partial charge < -0.3 is 5.11 Å². The highest BCUT2D eigenvalue weighted by Crippen LogP contribution is 2.71. The molecule has 24 heavy (non-hydrogen) atoms. The van der Waals surface area contributed by atoms with Crippen LogP contribution in [-0.4, -0.2) is 11.2 Å². The van der Waals surface area contributed by atoms with Crippen molar-refractivity contribution < 1.29 is 5.11 Å². The van der Waals surface area contributed by atoms with Gasteiger partial charge in [-0.3, -0.25) is 0 Å². The molecule has 4 saturated carbocycles. The SMILES string of the molecule is C=C1CC[C@]2(C)CCC3C4CCC(C(C)O)C4(C)CCC3C2(C)C1. The number of rotatable bonds is 1. The molecule has 1 heteroatoms. The van der Waals surface area contributed by atoms with E-state index in [1.807, 2.05) is 6.92 Å². The molecule has 4 aliphatic carbocycles. The minimum Gasteiger partial charge on any atom is -0.393 e. The third-order valence-corrected chi connectivity index (χ3v) is 9.97. The average molecular weight is 331 g/mol. The molecule has 7 unspecified atom stereocenters. The maximum absolute atomic E-state index is 10.4. The number of hydrogen-bond donors (Lipinski definition) is 1. The van der Waals surface area contributed by atoms with E-state index in [9.17, 15) is 5.11 Å². The van der Waals surface area contributed by atoms with Crippen LogP contribution in [0, 0.1) is 39.9 Å². The molecule has 4 rings (SSSR count). The van der Waals surface area contributed by atoms with E-state index in [1.54, 1.807) is 0 Å². The largest absolute Gasteiger partial charge is 0.393 e. The van der Waals surface area contributed by atoms with Gasteiger partial charge in [0.15, 0.2) is 0 Å². The molecule has 0 aliphatic heterocycles. The minimum atomic E-state index is -0.129. The summed E-state index contributed by atoms with van der Waals surface area (Å²) in [5.41, 5.74) is 2.91. The normalized spacial score (nSPS) is 55.5. The first-order valence-corrected chi connectivity index (χ1v) is 10.6. The van der Waals surface area contributed by atoms with Gasteiger partial charge in [-0.15, -0.1) is 0 Å². The van der Waals surface area contributed by atoms with E-state index in [4.69, 9.17) is 0 Å². The third-order valence-electron chi connectivity index (χ3n) is 9.97. The fourth-order valence-corrected chi connectivity index (χ4v) is 8.35. The van der Waals surface area contributed by atoms with E-state index in [1.165, 1.54) is 63.4 Å². The second-order valence-electron chi connectivity index (χ2n) is 10.8. The lowest BCUT2D eigenvalue weighted by Crippen LogP contribution is -2.57. The molecular weight excluding hydrogens is 292 g/mol. The summed E-state index contributed by atoms with van der Waals surface area (Å²) in [6, 6.07) is 0. The zero-order chi connectivity index (χ0) is 17.3. The first-order valence-electron chi connectivity index (χ1n) is 10.6. The van der Waals surface area contributed by atoms with Crippen LogP contribution in [-0.2, 0) is 0 Å². The van der Waals surface area contributed by atoms with Crippen LogP contribution in [0.1, 0.15) is 85.5 Å². The van der Waals surface area contributed by atoms with Gasteiger partial charge in [-0.05, 0) is 105 Å². The number of aliphatic hydroxyl groups excluding tert-OH is 1. The van der Waals surface area contributed by atoms with Crippen LogP contribution < -0.4 is 0 Å². The first kappa shape index (κ1) is 17.1. The molecule has 1 N–H and O–H groups in total. The van der Waals surface area contributed by atoms with Crippen molar-refractivity contribution in [1.82, 2.24) is 0 Å². The highest BCUT2D eigenvalue weighted by Gasteiger charge is 2.63. The number of aliphatic hydroxyl groups is 1. The molecule has 0 amide bonds. The summed E-state index contributed by atoms with van der Waals surface area (Å²) in [7, 11) is 0. The second-order valence-corrected chi connectivity index (χ2v) is 10.8. The van der Waals surface area contributed by atoms with Gasteiger partial charge in [-0.1, -0.05) is 32.9 Å². The monoisotopic (exact) mass is 330 g/mol. The molecule has 136 valence electrons. The molecule has 0 radical (unpaired) electrons. The van der Waals surface area contributed by atoms with Crippen molar-refractivity contribution in [2.24, 2.45) is 39.9 Å². The van der Waals surface area contributed by atoms with E-state index in [0.29, 0.717) is 22.2 Å². The van der Waals surface area contributed by atoms with Gasteiger partial charge in [-0.2, -0.15) is 0 Å². The molecule has 0 spiro atoms. The fourth-order valence-electron chi connectivity index (χ4n) is 8.35. The Kier molecular flexibility index (Phi) is 3.82. The summed E-state index contributed by atoms with van der Waals surface area (Å²) in [6.45, 7) is 14.2. The Morgan fingerprint density at radius 2 is 1.75 bits per heavy atom. The number of fused-ring (bicyclic) bond motifs is 5. The van der Waals surface area contributed by atoms with Gasteiger partial charge in [-0.25, -0.2) is 0 Å². The highest BCUT2D eigenvalue weighted by molar-refractivity contribution is 5.17. The summed E-state index contributed by atoms with van der Waals surface area (Å²) in [5, 5.41) is 10.4. The van der Waals surface area contributed by atoms with Crippen molar-refractivity contribution in [3.05, 3.63) is 12.2 Å². The quantitative estimate of drug-likeness (QED) is 0.587. The molecule has 8 atom stereocenters. The Labute approximate surface area is 149 Å². The number of hydrogen-bond acceptors (Lipinski definition) is 1. The minimum absolute atomic E-state index is 0.129. The standard InChI is InChI=1S/C23H38O/c1-15-8-11-21(3)12-9-17-19-7-6-18(16(2)24)22(19,4)13-10-20(17)23(21,5)14-15/h16-20,24H,1,6-14H2,2-5H3/t16?,17?,18?,19?,20?,21-,22?,23?/m1/s1. The maximum atomic E-state index is 10.4. The molecule has 0 aromatic heterocycles. The topological polar surface area (TPSA) is 20.2 Å². The molecule has 0 aromatic rings. The third kappa shape index (κ3) is 2.09. The molecule has 0 heterocycles. The van der Waals surface area contributed by atoms with Crippen molar-refractivity contribution in [1.29, 1.82) is 0 Å². The van der Waals surface area contributed by atoms with Crippen molar-refractivity contribution in [3.8, 4) is 0 Å². The van der Waals surface area contributed by atoms with Gasteiger partial charge >= 0.3 is 0 Å². The Morgan fingerprint density at radius 3 is 2.46 bits per heavy atom. The van der Waals surface area contributed by atoms with Gasteiger partial charge in [0.05, 0.1) is 6.10 Å². The van der Waals surface area contributed by atoms with Crippen LogP contribution in [0.2, 0.25) is 0 Å². The van der Waals surface area contributed by atoms with E-state index in [2.05, 4.69) is 27.4 Å². The first-order chi connectivity index (χ1) is 11.2. The van der Waals surface area contributed by atoms with Crippen LogP contribution in [0.3, 0.4) is 0 Å². The predicted molar refractivity (Wildman–Crippen MR) is 101 cm³/mol. The van der Waals surface area contributed by atoms with Crippen molar-refractivity contribution in [2.45, 2.75) is 91.6 Å². The lowest BCUT2D eigenvalue weighted by molar-refractivity contribution is -0.148. The Morgan fingerprint density at radius 1 is 1.00 bits per heavy atom. The summed E-state index contributed by atoms with van der Waals surface area (Å²) >= 11 is 0. The van der Waals surface area contributed by atoms with Crippen LogP contribution in [0.25, 0.3) is 0 Å². The van der Waals surface area contributed by atoms with E-state index < -0.39 is 0 Å². The predicted octanol–water partition coefficient (Wildman–Crippen LogP) is 5.97. The van der Waals surface area contributed by atoms with E-state index in [0.717, 1.165) is 17.8 Å². The van der Waals surface area contributed by atoms with Gasteiger partial charge in [0.25, 0.3) is 0 Å². The van der Waals surface area contributed by atoms with E-state index >= 15 is 0 Å². The average Bonchev–Trinajstić information content (AvgIpc) is 2.86. The lowest BCUT2D eigenvalue weighted by atomic mass is 9.40. The fraction of sp³-hybridized carbons (Fsp3) is 0.913. The van der Waals surface area contributed by atoms with Crippen molar-refractivity contribution in [2.75, 3.05) is 0 Å². The highest BCUT2D eigenvalue weighted by atomic mass is 16.3. The summed E-state index contributed by atoms with van der Waals surface area (Å²) in [4.78, 5) is 0. The molecule has 4 fully saturated rings. The van der Waals surface area contributed by atoms with Gasteiger partial charge in [0, 0.05) is 0 Å². The maximum Gasteiger partial charge on any atom is 0.0545 e. The van der Waals surface area contributed by atoms with Gasteiger partial charge in [0.1, 0.15) is 0 Å². The molecule has 0 saturated heterocycles. The van der Waals surface area contributed by atoms with Crippen molar-refractivity contribution in [3.63, 3.8) is 0 Å². The molecule has 0 aromatic carbocycles. The van der Waals surface area contributed by atoms with E-state index in [-0.39, 0.29) is 6.10 Å². The van der Waals surface area contributed by atoms with Crippen LogP contribution >= 0.6 is 0 Å². The Hall–Kier alpha value is -0.300. The Bertz CT molecular complexity index is 536. The summed E-state index contributed by atoms with van der Waals surface area (Å²) in [6.07, 6.45) is 12.0. The van der Waals surface area contributed by atoms with Crippen LogP contribution in [0.15, 0.2) is 12.2 Å². The molecular formula is C23H38O. The summed E-state index contributed by atoms with van der Waals surface area (Å²) in [5.74, 6) is 3.17. The Balaban J connectivity index is 1.67. The number of allylic oxidation sites excluding steroid dienone is 1. The van der Waals surface area contributed by atoms with Gasteiger partial charge in [0.2, 0.25) is 0 Å². The van der Waals surface area contributed by atoms with Crippen LogP contribution in [0.5, 0.6) is 0 Å². The zero-order valence-electron chi connectivity index (χ0n) is 16.4. The molecule has 0 bridgehead atoms. The van der Waals surface area contributed by atoms with Crippen molar-refractivity contribution >= 4 is 0 Å². The summed E-state index contributed by atoms with van der Waals surface area (Å²) < 4.78 is 0. The lowest BCUT2D eigenvalue weighted by Gasteiger charge is -2.65. The second kappa shape index (κ2) is 5.35.